The molecule has 0 amide bonds. The van der Waals surface area contributed by atoms with Gasteiger partial charge < -0.3 is 10.3 Å². The van der Waals surface area contributed by atoms with Crippen LogP contribution in [0.4, 0.5) is 5.69 Å². The number of hydrogen-bond acceptors (Lipinski definition) is 3. The Bertz CT molecular complexity index is 644. The van der Waals surface area contributed by atoms with E-state index in [0.29, 0.717) is 6.54 Å². The first kappa shape index (κ1) is 10.6. The topological polar surface area (TPSA) is 40.7 Å². The van der Waals surface area contributed by atoms with Crippen molar-refractivity contribution in [2.75, 3.05) is 5.32 Å². The second kappa shape index (κ2) is 4.39. The number of anilines is 1. The Morgan fingerprint density at radius 3 is 3.12 bits per heavy atom. The maximum Gasteiger partial charge on any atom is 0.113 e. The predicted molar refractivity (Wildman–Crippen MR) is 72.7 cm³/mol. The minimum atomic E-state index is 0.702. The Morgan fingerprint density at radius 2 is 2.29 bits per heavy atom. The zero-order valence-corrected chi connectivity index (χ0v) is 10.5. The number of hydrogen-bond donors (Lipinski definition) is 2. The average molecular weight is 264 g/mol. The molecule has 0 atom stereocenters. The summed E-state index contributed by atoms with van der Waals surface area (Å²) in [5, 5.41) is 5.52. The fraction of sp³-hybridized carbons (Fsp3) is 0.0833. The maximum absolute atomic E-state index is 5.83. The molecule has 86 valence electrons. The summed E-state index contributed by atoms with van der Waals surface area (Å²) in [5.74, 6) is 0. The fourth-order valence-electron chi connectivity index (χ4n) is 1.71. The van der Waals surface area contributed by atoms with Gasteiger partial charge in [0.1, 0.15) is 9.34 Å². The Balaban J connectivity index is 1.76. The molecule has 3 aromatic rings. The summed E-state index contributed by atoms with van der Waals surface area (Å²) in [6.45, 7) is 0.702. The van der Waals surface area contributed by atoms with Crippen LogP contribution in [0.1, 0.15) is 5.01 Å². The molecule has 0 bridgehead atoms. The molecular formula is C12H10ClN3S. The van der Waals surface area contributed by atoms with Crippen molar-refractivity contribution in [3.63, 3.8) is 0 Å². The molecule has 17 heavy (non-hydrogen) atoms. The third-order valence-corrected chi connectivity index (χ3v) is 3.64. The summed E-state index contributed by atoms with van der Waals surface area (Å²) >= 11 is 7.33. The van der Waals surface area contributed by atoms with Crippen LogP contribution in [0.15, 0.2) is 36.7 Å². The van der Waals surface area contributed by atoms with Gasteiger partial charge in [-0.1, -0.05) is 11.6 Å². The number of rotatable bonds is 3. The first-order chi connectivity index (χ1) is 8.31. The molecule has 5 heteroatoms. The zero-order chi connectivity index (χ0) is 11.7. The molecule has 2 heterocycles. The lowest BCUT2D eigenvalue weighted by molar-refractivity contribution is 1.10. The molecule has 0 aliphatic heterocycles. The van der Waals surface area contributed by atoms with Crippen molar-refractivity contribution >= 4 is 39.5 Å². The molecule has 1 aromatic carbocycles. The molecule has 0 saturated heterocycles. The van der Waals surface area contributed by atoms with Crippen molar-refractivity contribution in [2.24, 2.45) is 0 Å². The van der Waals surface area contributed by atoms with E-state index in [0.717, 1.165) is 20.5 Å². The minimum absolute atomic E-state index is 0.702. The number of H-pyrrole nitrogens is 1. The third-order valence-electron chi connectivity index (χ3n) is 2.52. The number of aromatic nitrogens is 2. The summed E-state index contributed by atoms with van der Waals surface area (Å²) in [6.07, 6.45) is 3.62. The summed E-state index contributed by atoms with van der Waals surface area (Å²) in [7, 11) is 0. The second-order valence-corrected chi connectivity index (χ2v) is 5.44. The van der Waals surface area contributed by atoms with Crippen LogP contribution in [0.2, 0.25) is 4.34 Å². The molecule has 0 aliphatic rings. The molecule has 0 radical (unpaired) electrons. The fourth-order valence-corrected chi connectivity index (χ4v) is 2.61. The zero-order valence-electron chi connectivity index (χ0n) is 8.90. The second-order valence-electron chi connectivity index (χ2n) is 3.69. The monoisotopic (exact) mass is 263 g/mol. The smallest absolute Gasteiger partial charge is 0.113 e. The SMILES string of the molecule is Clc1cnc(CNc2ccc3[nH]ccc3c2)s1. The van der Waals surface area contributed by atoms with E-state index in [1.807, 2.05) is 12.3 Å². The van der Waals surface area contributed by atoms with E-state index in [2.05, 4.69) is 33.5 Å². The standard InChI is InChI=1S/C12H10ClN3S/c13-11-6-16-12(17-11)7-15-9-1-2-10-8(5-9)3-4-14-10/h1-6,14-15H,7H2. The van der Waals surface area contributed by atoms with Crippen LogP contribution in [-0.2, 0) is 6.54 Å². The Labute approximate surface area is 107 Å². The molecule has 3 rings (SSSR count). The molecule has 0 aliphatic carbocycles. The lowest BCUT2D eigenvalue weighted by Crippen LogP contribution is -1.98. The molecule has 3 nitrogen and oxygen atoms in total. The summed E-state index contributed by atoms with van der Waals surface area (Å²) in [6, 6.07) is 8.28. The van der Waals surface area contributed by atoms with E-state index in [-0.39, 0.29) is 0 Å². The number of nitrogens with one attached hydrogen (secondary N) is 2. The van der Waals surface area contributed by atoms with E-state index < -0.39 is 0 Å². The van der Waals surface area contributed by atoms with Crippen LogP contribution in [0.5, 0.6) is 0 Å². The van der Waals surface area contributed by atoms with Gasteiger partial charge in [0.25, 0.3) is 0 Å². The van der Waals surface area contributed by atoms with Gasteiger partial charge in [-0.3, -0.25) is 0 Å². The number of benzene rings is 1. The highest BCUT2D eigenvalue weighted by Gasteiger charge is 2.00. The molecule has 0 fully saturated rings. The molecule has 0 saturated carbocycles. The number of thiazole rings is 1. The quantitative estimate of drug-likeness (QED) is 0.753. The normalized spacial score (nSPS) is 10.9. The van der Waals surface area contributed by atoms with Gasteiger partial charge in [-0.2, -0.15) is 0 Å². The average Bonchev–Trinajstić information content (AvgIpc) is 2.94. The third kappa shape index (κ3) is 2.28. The molecule has 2 aromatic heterocycles. The summed E-state index contributed by atoms with van der Waals surface area (Å²) in [4.78, 5) is 7.37. The van der Waals surface area contributed by atoms with Crippen molar-refractivity contribution in [1.82, 2.24) is 9.97 Å². The van der Waals surface area contributed by atoms with E-state index in [1.165, 1.54) is 16.7 Å². The van der Waals surface area contributed by atoms with Crippen LogP contribution in [0.3, 0.4) is 0 Å². The maximum atomic E-state index is 5.83. The largest absolute Gasteiger partial charge is 0.379 e. The van der Waals surface area contributed by atoms with Crippen molar-refractivity contribution in [3.8, 4) is 0 Å². The Morgan fingerprint density at radius 1 is 1.35 bits per heavy atom. The molecule has 2 N–H and O–H groups in total. The lowest BCUT2D eigenvalue weighted by atomic mass is 10.2. The number of halogens is 1. The van der Waals surface area contributed by atoms with Crippen molar-refractivity contribution in [1.29, 1.82) is 0 Å². The Hall–Kier alpha value is -1.52. The predicted octanol–water partition coefficient (Wildman–Crippen LogP) is 3.89. The van der Waals surface area contributed by atoms with Crippen molar-refractivity contribution < 1.29 is 0 Å². The highest BCUT2D eigenvalue weighted by Crippen LogP contribution is 2.21. The minimum Gasteiger partial charge on any atom is -0.379 e. The summed E-state index contributed by atoms with van der Waals surface area (Å²) < 4.78 is 0.725. The van der Waals surface area contributed by atoms with Gasteiger partial charge in [0.2, 0.25) is 0 Å². The molecular weight excluding hydrogens is 254 g/mol. The first-order valence-corrected chi connectivity index (χ1v) is 6.42. The lowest BCUT2D eigenvalue weighted by Gasteiger charge is -2.03. The van der Waals surface area contributed by atoms with Crippen molar-refractivity contribution in [3.05, 3.63) is 46.0 Å². The van der Waals surface area contributed by atoms with E-state index in [4.69, 9.17) is 11.6 Å². The van der Waals surface area contributed by atoms with Gasteiger partial charge in [-0.25, -0.2) is 4.98 Å². The van der Waals surface area contributed by atoms with E-state index in [1.54, 1.807) is 6.20 Å². The van der Waals surface area contributed by atoms with Crippen molar-refractivity contribution in [2.45, 2.75) is 6.54 Å². The van der Waals surface area contributed by atoms with E-state index in [9.17, 15) is 0 Å². The first-order valence-electron chi connectivity index (χ1n) is 5.22. The number of aromatic amines is 1. The highest BCUT2D eigenvalue weighted by molar-refractivity contribution is 7.15. The Kier molecular flexibility index (Phi) is 2.74. The van der Waals surface area contributed by atoms with Gasteiger partial charge in [-0.15, -0.1) is 11.3 Å². The molecule has 0 unspecified atom stereocenters. The van der Waals surface area contributed by atoms with Gasteiger partial charge in [-0.05, 0) is 24.3 Å². The van der Waals surface area contributed by atoms with Gasteiger partial charge >= 0.3 is 0 Å². The van der Waals surface area contributed by atoms with Gasteiger partial charge in [0.05, 0.1) is 12.7 Å². The summed E-state index contributed by atoms with van der Waals surface area (Å²) in [5.41, 5.74) is 2.23. The van der Waals surface area contributed by atoms with E-state index >= 15 is 0 Å². The van der Waals surface area contributed by atoms with Crippen LogP contribution in [-0.4, -0.2) is 9.97 Å². The van der Waals surface area contributed by atoms with Crippen LogP contribution < -0.4 is 5.32 Å². The number of nitrogens with zero attached hydrogens (tertiary/aromatic N) is 1. The van der Waals surface area contributed by atoms with Crippen LogP contribution in [0, 0.1) is 0 Å². The van der Waals surface area contributed by atoms with Gasteiger partial charge in [0.15, 0.2) is 0 Å². The van der Waals surface area contributed by atoms with Crippen LogP contribution >= 0.6 is 22.9 Å². The van der Waals surface area contributed by atoms with Gasteiger partial charge in [0, 0.05) is 22.8 Å². The number of fused-ring (bicyclic) bond motifs is 1. The van der Waals surface area contributed by atoms with Crippen LogP contribution in [0.25, 0.3) is 10.9 Å². The molecule has 0 spiro atoms. The highest BCUT2D eigenvalue weighted by atomic mass is 35.5.